The van der Waals surface area contributed by atoms with Gasteiger partial charge in [0.2, 0.25) is 0 Å². The van der Waals surface area contributed by atoms with Gasteiger partial charge in [-0.3, -0.25) is 19.3 Å². The minimum atomic E-state index is -0.863. The molecule has 4 aromatic rings. The lowest BCUT2D eigenvalue weighted by Gasteiger charge is -2.04. The maximum absolute atomic E-state index is 13.4. The normalized spacial score (nSPS) is 11.5. The molecule has 2 aromatic carbocycles. The van der Waals surface area contributed by atoms with E-state index < -0.39 is 28.9 Å². The second-order valence-corrected chi connectivity index (χ2v) is 7.39. The molecule has 0 aliphatic heterocycles. The van der Waals surface area contributed by atoms with Gasteiger partial charge in [0.15, 0.2) is 10.7 Å². The number of hydrogen-bond acceptors (Lipinski definition) is 6. The molecule has 0 saturated heterocycles. The molecular formula is C21H13F2N3O4S. The summed E-state index contributed by atoms with van der Waals surface area (Å²) >= 11 is 1.33. The van der Waals surface area contributed by atoms with E-state index in [0.717, 1.165) is 18.2 Å². The summed E-state index contributed by atoms with van der Waals surface area (Å²) in [4.78, 5) is 28.3. The number of ketones is 1. The molecule has 7 nitrogen and oxygen atoms in total. The summed E-state index contributed by atoms with van der Waals surface area (Å²) in [5, 5.41) is 22.5. The summed E-state index contributed by atoms with van der Waals surface area (Å²) in [5.41, 5.74) is 1.03. The fourth-order valence-corrected chi connectivity index (χ4v) is 3.86. The molecule has 1 N–H and O–H groups in total. The monoisotopic (exact) mass is 441 g/mol. The molecule has 0 unspecified atom stereocenters. The number of fused-ring (bicyclic) bond motifs is 1. The Balaban J connectivity index is 1.79. The maximum Gasteiger partial charge on any atom is 0.275 e. The molecule has 2 heterocycles. The first kappa shape index (κ1) is 20.5. The average molecular weight is 441 g/mol. The van der Waals surface area contributed by atoms with E-state index in [2.05, 4.69) is 4.98 Å². The van der Waals surface area contributed by atoms with E-state index in [-0.39, 0.29) is 16.8 Å². The Labute approximate surface area is 177 Å². The first-order chi connectivity index (χ1) is 14.9. The lowest BCUT2D eigenvalue weighted by Crippen LogP contribution is -1.98. The Kier molecular flexibility index (Phi) is 5.40. The van der Waals surface area contributed by atoms with Crippen molar-refractivity contribution < 1.29 is 23.6 Å². The van der Waals surface area contributed by atoms with Gasteiger partial charge in [-0.1, -0.05) is 6.07 Å². The summed E-state index contributed by atoms with van der Waals surface area (Å²) in [7, 11) is 0. The van der Waals surface area contributed by atoms with Crippen LogP contribution in [0.25, 0.3) is 22.3 Å². The molecule has 31 heavy (non-hydrogen) atoms. The number of nitro groups is 1. The molecular weight excluding hydrogens is 428 g/mol. The molecule has 2 aromatic heterocycles. The van der Waals surface area contributed by atoms with Crippen LogP contribution in [-0.4, -0.2) is 25.2 Å². The van der Waals surface area contributed by atoms with Gasteiger partial charge in [-0.05, 0) is 30.4 Å². The number of halogens is 2. The van der Waals surface area contributed by atoms with Crippen LogP contribution in [0, 0.1) is 21.7 Å². The van der Waals surface area contributed by atoms with E-state index in [0.29, 0.717) is 28.0 Å². The fraction of sp³-hybridized carbons (Fsp3) is 0.0476. The Hall–Kier alpha value is -3.76. The molecule has 0 spiro atoms. The number of thiazole rings is 1. The van der Waals surface area contributed by atoms with Crippen LogP contribution >= 0.6 is 11.3 Å². The maximum atomic E-state index is 13.4. The molecule has 156 valence electrons. The summed E-state index contributed by atoms with van der Waals surface area (Å²) in [6.45, 7) is -0.486. The van der Waals surface area contributed by atoms with Crippen LogP contribution < -0.4 is 0 Å². The number of nitrogens with zero attached hydrogens (tertiary/aromatic N) is 3. The molecule has 0 fully saturated rings. The van der Waals surface area contributed by atoms with Gasteiger partial charge < -0.3 is 5.11 Å². The number of rotatable bonds is 6. The van der Waals surface area contributed by atoms with Gasteiger partial charge in [-0.25, -0.2) is 13.8 Å². The minimum absolute atomic E-state index is 0.149. The Bertz CT molecular complexity index is 1340. The first-order valence-electron chi connectivity index (χ1n) is 8.90. The summed E-state index contributed by atoms with van der Waals surface area (Å²) in [5.74, 6) is -2.34. The number of aromatic nitrogens is 2. The zero-order valence-corrected chi connectivity index (χ0v) is 16.5. The number of carbonyl (C=O) groups is 1. The third-order valence-electron chi connectivity index (χ3n) is 4.56. The van der Waals surface area contributed by atoms with Crippen LogP contribution in [-0.2, 0) is 6.61 Å². The number of hydrogen-bond donors (Lipinski definition) is 1. The lowest BCUT2D eigenvalue weighted by molar-refractivity contribution is -0.385. The smallest absolute Gasteiger partial charge is 0.275 e. The number of benzene rings is 2. The SMILES string of the molecule is O=C(C=Cc1c(-c2ccc(CO)c([N+](=O)[O-])c2)nc2sccn12)c1cc(F)cc(F)c1. The van der Waals surface area contributed by atoms with Crippen LogP contribution in [0.15, 0.2) is 54.1 Å². The highest BCUT2D eigenvalue weighted by atomic mass is 32.1. The highest BCUT2D eigenvalue weighted by Crippen LogP contribution is 2.31. The fourth-order valence-electron chi connectivity index (χ4n) is 3.14. The Morgan fingerprint density at radius 3 is 2.65 bits per heavy atom. The number of aliphatic hydroxyl groups excluding tert-OH is 1. The molecule has 0 bridgehead atoms. The van der Waals surface area contributed by atoms with Crippen LogP contribution in [0.2, 0.25) is 0 Å². The largest absolute Gasteiger partial charge is 0.391 e. The minimum Gasteiger partial charge on any atom is -0.391 e. The molecule has 0 saturated carbocycles. The summed E-state index contributed by atoms with van der Waals surface area (Å²) < 4.78 is 28.5. The number of aliphatic hydroxyl groups is 1. The number of carbonyl (C=O) groups excluding carboxylic acids is 1. The van der Waals surface area contributed by atoms with E-state index in [1.54, 1.807) is 22.0 Å². The highest BCUT2D eigenvalue weighted by molar-refractivity contribution is 7.15. The van der Waals surface area contributed by atoms with Gasteiger partial charge in [0, 0.05) is 34.8 Å². The molecule has 4 rings (SSSR count). The van der Waals surface area contributed by atoms with Crippen molar-refractivity contribution in [2.45, 2.75) is 6.61 Å². The van der Waals surface area contributed by atoms with Crippen molar-refractivity contribution in [1.82, 2.24) is 9.38 Å². The van der Waals surface area contributed by atoms with Crippen LogP contribution in [0.5, 0.6) is 0 Å². The first-order valence-corrected chi connectivity index (χ1v) is 9.78. The van der Waals surface area contributed by atoms with E-state index in [1.165, 1.54) is 29.5 Å². The van der Waals surface area contributed by atoms with Crippen molar-refractivity contribution in [3.63, 3.8) is 0 Å². The number of nitro benzene ring substituents is 1. The van der Waals surface area contributed by atoms with Gasteiger partial charge in [-0.15, -0.1) is 11.3 Å². The molecule has 0 radical (unpaired) electrons. The lowest BCUT2D eigenvalue weighted by atomic mass is 10.0. The second-order valence-electron chi connectivity index (χ2n) is 6.52. The van der Waals surface area contributed by atoms with Crippen LogP contribution in [0.1, 0.15) is 21.6 Å². The molecule has 0 aliphatic carbocycles. The highest BCUT2D eigenvalue weighted by Gasteiger charge is 2.19. The van der Waals surface area contributed by atoms with Gasteiger partial charge in [0.1, 0.15) is 11.6 Å². The summed E-state index contributed by atoms with van der Waals surface area (Å²) in [6, 6.07) is 6.88. The Morgan fingerprint density at radius 1 is 1.23 bits per heavy atom. The van der Waals surface area contributed by atoms with E-state index >= 15 is 0 Å². The Morgan fingerprint density at radius 2 is 1.97 bits per heavy atom. The zero-order chi connectivity index (χ0) is 22.1. The van der Waals surface area contributed by atoms with Crippen LogP contribution in [0.4, 0.5) is 14.5 Å². The van der Waals surface area contributed by atoms with E-state index in [1.807, 2.05) is 0 Å². The van der Waals surface area contributed by atoms with Crippen molar-refractivity contribution in [3.8, 4) is 11.3 Å². The van der Waals surface area contributed by atoms with E-state index in [4.69, 9.17) is 0 Å². The topological polar surface area (TPSA) is 97.7 Å². The van der Waals surface area contributed by atoms with Crippen molar-refractivity contribution in [1.29, 1.82) is 0 Å². The predicted molar refractivity (Wildman–Crippen MR) is 111 cm³/mol. The van der Waals surface area contributed by atoms with Crippen molar-refractivity contribution >= 4 is 33.8 Å². The quantitative estimate of drug-likeness (QED) is 0.204. The van der Waals surface area contributed by atoms with E-state index in [9.17, 15) is 28.8 Å². The van der Waals surface area contributed by atoms with Gasteiger partial charge in [-0.2, -0.15) is 0 Å². The number of imidazole rings is 1. The molecule has 10 heteroatoms. The average Bonchev–Trinajstić information content (AvgIpc) is 3.32. The zero-order valence-electron chi connectivity index (χ0n) is 15.7. The third-order valence-corrected chi connectivity index (χ3v) is 5.32. The standard InChI is InChI=1S/C21H13F2N3O4S/c22-15-7-14(8-16(23)10-15)19(28)4-3-17-20(24-21-25(17)5-6-31-21)12-1-2-13(11-27)18(9-12)26(29)30/h1-10,27H,11H2. The van der Waals surface area contributed by atoms with Crippen molar-refractivity contribution in [2.75, 3.05) is 0 Å². The van der Waals surface area contributed by atoms with Gasteiger partial charge in [0.25, 0.3) is 5.69 Å². The van der Waals surface area contributed by atoms with Crippen LogP contribution in [0.3, 0.4) is 0 Å². The van der Waals surface area contributed by atoms with Crippen molar-refractivity contribution in [3.05, 3.63) is 92.6 Å². The molecule has 0 aliphatic rings. The van der Waals surface area contributed by atoms with Crippen molar-refractivity contribution in [2.24, 2.45) is 0 Å². The molecule has 0 atom stereocenters. The third kappa shape index (κ3) is 3.98. The molecule has 0 amide bonds. The van der Waals surface area contributed by atoms with Gasteiger partial charge in [0.05, 0.1) is 28.5 Å². The van der Waals surface area contributed by atoms with Gasteiger partial charge >= 0.3 is 0 Å². The predicted octanol–water partition coefficient (Wildman–Crippen LogP) is 4.64. The summed E-state index contributed by atoms with van der Waals surface area (Å²) in [6.07, 6.45) is 4.33. The number of allylic oxidation sites excluding steroid dienone is 1. The second kappa shape index (κ2) is 8.17.